The third kappa shape index (κ3) is 7.71. The van der Waals surface area contributed by atoms with Crippen molar-refractivity contribution in [3.8, 4) is 5.75 Å². The van der Waals surface area contributed by atoms with Crippen LogP contribution in [-0.2, 0) is 16.2 Å². The van der Waals surface area contributed by atoms with Crippen LogP contribution in [-0.4, -0.2) is 73.7 Å². The van der Waals surface area contributed by atoms with E-state index in [0.29, 0.717) is 43.1 Å². The van der Waals surface area contributed by atoms with Crippen LogP contribution in [0.5, 0.6) is 5.75 Å². The Labute approximate surface area is 217 Å². The molecule has 0 bridgehead atoms. The monoisotopic (exact) mass is 542 g/mol. The van der Waals surface area contributed by atoms with Gasteiger partial charge in [0.25, 0.3) is 5.91 Å². The van der Waals surface area contributed by atoms with Crippen molar-refractivity contribution in [3.05, 3.63) is 53.3 Å². The number of carbonyl (C=O) groups is 2. The minimum absolute atomic E-state index is 0.0444. The van der Waals surface area contributed by atoms with Gasteiger partial charge in [-0.1, -0.05) is 6.07 Å². The summed E-state index contributed by atoms with van der Waals surface area (Å²) in [6.45, 7) is 4.25. The molecule has 3 N–H and O–H groups in total. The summed E-state index contributed by atoms with van der Waals surface area (Å²) >= 11 is 0. The van der Waals surface area contributed by atoms with Crippen LogP contribution in [0.2, 0.25) is 0 Å². The maximum Gasteiger partial charge on any atom is 0.493 e. The predicted octanol–water partition coefficient (Wildman–Crippen LogP) is 3.09. The van der Waals surface area contributed by atoms with E-state index in [1.807, 2.05) is 4.90 Å². The van der Waals surface area contributed by atoms with Gasteiger partial charge in [0.15, 0.2) is 11.6 Å². The van der Waals surface area contributed by atoms with Crippen molar-refractivity contribution in [1.82, 2.24) is 10.4 Å². The molecule has 0 spiro atoms. The number of hydrogen-bond donors (Lipinski definition) is 3. The van der Waals surface area contributed by atoms with Crippen LogP contribution in [0.15, 0.2) is 36.4 Å². The third-order valence-corrected chi connectivity index (χ3v) is 5.58. The summed E-state index contributed by atoms with van der Waals surface area (Å²) in [6, 6.07) is 9.13. The quantitative estimate of drug-likeness (QED) is 0.346. The van der Waals surface area contributed by atoms with E-state index in [1.165, 1.54) is 39.2 Å². The SMILES string of the molecule is COc1ccc(CNc2ccc(N3CCNCC3)c(C(=O)N(CC(C)(C)O)OC(=O)C(F)(F)F)c2)cc1F. The molecule has 0 aliphatic carbocycles. The van der Waals surface area contributed by atoms with Gasteiger partial charge in [-0.25, -0.2) is 9.18 Å². The van der Waals surface area contributed by atoms with Gasteiger partial charge in [0, 0.05) is 44.1 Å². The minimum Gasteiger partial charge on any atom is -0.494 e. The standard InChI is InChI=1S/C25H30F4N4O5/c1-24(2,36)15-33(38-23(35)25(27,28)29)22(34)18-13-17(5-6-20(18)32-10-8-30-9-11-32)31-14-16-4-7-21(37-3)19(26)12-16/h4-7,12-13,30-31,36H,8-11,14-15H2,1-3H3. The Morgan fingerprint density at radius 3 is 2.39 bits per heavy atom. The van der Waals surface area contributed by atoms with Crippen LogP contribution in [0.1, 0.15) is 29.8 Å². The van der Waals surface area contributed by atoms with Gasteiger partial charge >= 0.3 is 12.1 Å². The molecule has 1 heterocycles. The van der Waals surface area contributed by atoms with Gasteiger partial charge in [-0.15, -0.1) is 0 Å². The zero-order chi connectivity index (χ0) is 28.1. The molecule has 9 nitrogen and oxygen atoms in total. The summed E-state index contributed by atoms with van der Waals surface area (Å²) in [4.78, 5) is 31.4. The van der Waals surface area contributed by atoms with E-state index in [2.05, 4.69) is 15.5 Å². The number of piperazine rings is 1. The zero-order valence-corrected chi connectivity index (χ0v) is 21.2. The second kappa shape index (κ2) is 11.9. The summed E-state index contributed by atoms with van der Waals surface area (Å²) in [5.74, 6) is -4.10. The highest BCUT2D eigenvalue weighted by atomic mass is 19.4. The number of benzene rings is 2. The number of rotatable bonds is 8. The molecule has 38 heavy (non-hydrogen) atoms. The molecule has 0 radical (unpaired) electrons. The number of alkyl halides is 3. The van der Waals surface area contributed by atoms with Crippen molar-refractivity contribution in [2.75, 3.05) is 50.1 Å². The van der Waals surface area contributed by atoms with Crippen molar-refractivity contribution >= 4 is 23.3 Å². The largest absolute Gasteiger partial charge is 0.494 e. The normalized spacial score (nSPS) is 14.2. The number of carbonyl (C=O) groups excluding carboxylic acids is 2. The van der Waals surface area contributed by atoms with Crippen molar-refractivity contribution in [2.45, 2.75) is 32.2 Å². The Kier molecular flexibility index (Phi) is 9.05. The van der Waals surface area contributed by atoms with Crippen molar-refractivity contribution in [1.29, 1.82) is 0 Å². The van der Waals surface area contributed by atoms with Crippen LogP contribution < -0.4 is 20.3 Å². The van der Waals surface area contributed by atoms with Gasteiger partial charge in [-0.3, -0.25) is 4.79 Å². The molecule has 1 aliphatic rings. The maximum atomic E-state index is 14.1. The number of hydroxylamine groups is 2. The number of amides is 1. The van der Waals surface area contributed by atoms with Crippen LogP contribution in [0, 0.1) is 5.82 Å². The van der Waals surface area contributed by atoms with Gasteiger partial charge in [0.1, 0.15) is 0 Å². The average Bonchev–Trinajstić information content (AvgIpc) is 2.85. The first-order chi connectivity index (χ1) is 17.8. The Morgan fingerprint density at radius 1 is 1.13 bits per heavy atom. The molecule has 2 aromatic carbocycles. The molecule has 3 rings (SSSR count). The van der Waals surface area contributed by atoms with Gasteiger partial charge < -0.3 is 30.2 Å². The summed E-state index contributed by atoms with van der Waals surface area (Å²) in [5, 5.41) is 16.7. The second-order valence-corrected chi connectivity index (χ2v) is 9.32. The van der Waals surface area contributed by atoms with E-state index in [4.69, 9.17) is 4.74 Å². The van der Waals surface area contributed by atoms with E-state index in [-0.39, 0.29) is 22.9 Å². The molecule has 0 atom stereocenters. The number of aliphatic hydroxyl groups is 1. The molecule has 1 saturated heterocycles. The van der Waals surface area contributed by atoms with Gasteiger partial charge in [0.05, 0.1) is 24.8 Å². The average molecular weight is 543 g/mol. The smallest absolute Gasteiger partial charge is 0.493 e. The molecule has 208 valence electrons. The fourth-order valence-electron chi connectivity index (χ4n) is 3.81. The van der Waals surface area contributed by atoms with Crippen LogP contribution in [0.4, 0.5) is 28.9 Å². The van der Waals surface area contributed by atoms with Crippen LogP contribution in [0.25, 0.3) is 0 Å². The number of methoxy groups -OCH3 is 1. The van der Waals surface area contributed by atoms with Crippen molar-refractivity contribution in [2.24, 2.45) is 0 Å². The number of nitrogens with zero attached hydrogens (tertiary/aromatic N) is 2. The Balaban J connectivity index is 1.94. The minimum atomic E-state index is -5.35. The van der Waals surface area contributed by atoms with E-state index in [1.54, 1.807) is 18.2 Å². The van der Waals surface area contributed by atoms with Gasteiger partial charge in [-0.05, 0) is 49.7 Å². The van der Waals surface area contributed by atoms with Crippen molar-refractivity contribution in [3.63, 3.8) is 0 Å². The lowest BCUT2D eigenvalue weighted by Gasteiger charge is -2.33. The lowest BCUT2D eigenvalue weighted by molar-refractivity contribution is -0.232. The molecular formula is C25H30F4N4O5. The number of nitrogens with one attached hydrogen (secondary N) is 2. The van der Waals surface area contributed by atoms with E-state index < -0.39 is 36.0 Å². The van der Waals surface area contributed by atoms with Gasteiger partial charge in [-0.2, -0.15) is 18.2 Å². The summed E-state index contributed by atoms with van der Waals surface area (Å²) in [5.41, 5.74) is -0.317. The first-order valence-electron chi connectivity index (χ1n) is 11.8. The Bertz CT molecular complexity index is 1150. The lowest BCUT2D eigenvalue weighted by atomic mass is 10.1. The lowest BCUT2D eigenvalue weighted by Crippen LogP contribution is -2.47. The molecule has 1 amide bonds. The maximum absolute atomic E-state index is 14.1. The van der Waals surface area contributed by atoms with E-state index in [9.17, 15) is 32.3 Å². The number of ether oxygens (including phenoxy) is 1. The first-order valence-corrected chi connectivity index (χ1v) is 11.8. The van der Waals surface area contributed by atoms with Crippen LogP contribution >= 0.6 is 0 Å². The molecule has 1 aliphatic heterocycles. The Morgan fingerprint density at radius 2 is 1.82 bits per heavy atom. The highest BCUT2D eigenvalue weighted by Gasteiger charge is 2.44. The summed E-state index contributed by atoms with van der Waals surface area (Å²) in [6.07, 6.45) is -5.35. The third-order valence-electron chi connectivity index (χ3n) is 5.58. The van der Waals surface area contributed by atoms with E-state index in [0.717, 1.165) is 0 Å². The van der Waals surface area contributed by atoms with Crippen LogP contribution in [0.3, 0.4) is 0 Å². The number of anilines is 2. The van der Waals surface area contributed by atoms with Crippen molar-refractivity contribution < 1.29 is 41.8 Å². The summed E-state index contributed by atoms with van der Waals surface area (Å²) in [7, 11) is 1.35. The number of halogens is 4. The molecule has 0 aromatic heterocycles. The number of hydrogen-bond acceptors (Lipinski definition) is 8. The molecule has 0 saturated carbocycles. The molecule has 2 aromatic rings. The predicted molar refractivity (Wildman–Crippen MR) is 131 cm³/mol. The highest BCUT2D eigenvalue weighted by molar-refractivity contribution is 6.01. The zero-order valence-electron chi connectivity index (χ0n) is 21.2. The summed E-state index contributed by atoms with van der Waals surface area (Å²) < 4.78 is 57.8. The molecule has 0 unspecified atom stereocenters. The molecular weight excluding hydrogens is 512 g/mol. The first kappa shape index (κ1) is 29.0. The molecule has 13 heteroatoms. The molecule has 1 fully saturated rings. The fraction of sp³-hybridized carbons (Fsp3) is 0.440. The second-order valence-electron chi connectivity index (χ2n) is 9.32. The van der Waals surface area contributed by atoms with E-state index >= 15 is 0 Å². The highest BCUT2D eigenvalue weighted by Crippen LogP contribution is 2.29. The van der Waals surface area contributed by atoms with Gasteiger partial charge in [0.2, 0.25) is 0 Å². The Hall–Kier alpha value is -3.58. The topological polar surface area (TPSA) is 103 Å². The fourth-order valence-corrected chi connectivity index (χ4v) is 3.81.